The van der Waals surface area contributed by atoms with Gasteiger partial charge in [0, 0.05) is 25.7 Å². The average Bonchev–Trinajstić information content (AvgIpc) is 2.39. The minimum atomic E-state index is 0.872. The summed E-state index contributed by atoms with van der Waals surface area (Å²) >= 11 is 0. The van der Waals surface area contributed by atoms with Crippen molar-refractivity contribution >= 4 is 0 Å². The largest absolute Gasteiger partial charge is 0.301 e. The fourth-order valence-electron chi connectivity index (χ4n) is 3.04. The molecule has 0 N–H and O–H groups in total. The second-order valence-corrected chi connectivity index (χ2v) is 5.14. The maximum Gasteiger partial charge on any atom is 0.0223 e. The molecule has 0 aliphatic carbocycles. The van der Waals surface area contributed by atoms with Gasteiger partial charge in [0.2, 0.25) is 0 Å². The molecule has 1 atom stereocenters. The Kier molecular flexibility index (Phi) is 4.45. The zero-order valence-electron chi connectivity index (χ0n) is 10.2. The number of hydrogen-bond donors (Lipinski definition) is 0. The number of fused-ring (bicyclic) bond motifs is 1. The highest BCUT2D eigenvalue weighted by Crippen LogP contribution is 2.19. The fourth-order valence-corrected chi connectivity index (χ4v) is 3.04. The maximum atomic E-state index is 2.76. The van der Waals surface area contributed by atoms with Gasteiger partial charge in [-0.05, 0) is 25.9 Å². The molecule has 2 heterocycles. The van der Waals surface area contributed by atoms with Gasteiger partial charge in [0.15, 0.2) is 0 Å². The fraction of sp³-hybridized carbons (Fsp3) is 1.00. The second-order valence-electron chi connectivity index (χ2n) is 5.14. The maximum absolute atomic E-state index is 2.76. The van der Waals surface area contributed by atoms with Crippen LogP contribution in [0.1, 0.15) is 45.4 Å². The van der Waals surface area contributed by atoms with E-state index in [1.54, 1.807) is 0 Å². The van der Waals surface area contributed by atoms with Gasteiger partial charge in [-0.2, -0.15) is 0 Å². The van der Waals surface area contributed by atoms with Crippen LogP contribution in [0, 0.1) is 0 Å². The van der Waals surface area contributed by atoms with Crippen LogP contribution in [0.5, 0.6) is 0 Å². The minimum Gasteiger partial charge on any atom is -0.301 e. The molecular weight excluding hydrogens is 184 g/mol. The van der Waals surface area contributed by atoms with Crippen LogP contribution in [-0.2, 0) is 0 Å². The van der Waals surface area contributed by atoms with Gasteiger partial charge >= 0.3 is 0 Å². The van der Waals surface area contributed by atoms with Gasteiger partial charge in [0.1, 0.15) is 0 Å². The van der Waals surface area contributed by atoms with Crippen molar-refractivity contribution in [1.82, 2.24) is 9.80 Å². The molecule has 0 bridgehead atoms. The lowest BCUT2D eigenvalue weighted by Crippen LogP contribution is -2.52. The van der Waals surface area contributed by atoms with Crippen LogP contribution in [0.2, 0.25) is 0 Å². The standard InChI is InChI=1S/C13H26N2/c1-2-14-10-11-15-9-7-5-3-4-6-8-13(15)12-14/h13H,2-12H2,1H3. The van der Waals surface area contributed by atoms with Gasteiger partial charge in [0.05, 0.1) is 0 Å². The first-order valence-electron chi connectivity index (χ1n) is 6.86. The van der Waals surface area contributed by atoms with E-state index in [0.29, 0.717) is 0 Å². The smallest absolute Gasteiger partial charge is 0.0223 e. The summed E-state index contributed by atoms with van der Waals surface area (Å²) in [4.78, 5) is 5.39. The van der Waals surface area contributed by atoms with Crippen molar-refractivity contribution in [2.45, 2.75) is 51.5 Å². The first-order valence-corrected chi connectivity index (χ1v) is 6.86. The number of rotatable bonds is 1. The number of likely N-dealkylation sites (N-methyl/N-ethyl adjacent to an activating group) is 1. The molecule has 0 saturated carbocycles. The first kappa shape index (κ1) is 11.4. The van der Waals surface area contributed by atoms with E-state index in [0.717, 1.165) is 6.04 Å². The lowest BCUT2D eigenvalue weighted by atomic mass is 10.0. The van der Waals surface area contributed by atoms with Gasteiger partial charge in [-0.25, -0.2) is 0 Å². The first-order chi connectivity index (χ1) is 7.40. The zero-order chi connectivity index (χ0) is 10.5. The van der Waals surface area contributed by atoms with Crippen molar-refractivity contribution in [2.75, 3.05) is 32.7 Å². The predicted octanol–water partition coefficient (Wildman–Crippen LogP) is 2.35. The molecule has 0 radical (unpaired) electrons. The topological polar surface area (TPSA) is 6.48 Å². The molecule has 0 amide bonds. The van der Waals surface area contributed by atoms with Gasteiger partial charge in [-0.1, -0.05) is 32.6 Å². The van der Waals surface area contributed by atoms with Crippen LogP contribution in [0.15, 0.2) is 0 Å². The van der Waals surface area contributed by atoms with Crippen molar-refractivity contribution in [3.05, 3.63) is 0 Å². The molecule has 2 aliphatic rings. The Bertz CT molecular complexity index is 181. The van der Waals surface area contributed by atoms with Crippen LogP contribution in [0.25, 0.3) is 0 Å². The molecule has 15 heavy (non-hydrogen) atoms. The summed E-state index contributed by atoms with van der Waals surface area (Å²) in [5, 5.41) is 0. The van der Waals surface area contributed by atoms with Crippen molar-refractivity contribution in [2.24, 2.45) is 0 Å². The van der Waals surface area contributed by atoms with E-state index in [9.17, 15) is 0 Å². The highest BCUT2D eigenvalue weighted by Gasteiger charge is 2.25. The summed E-state index contributed by atoms with van der Waals surface area (Å²) in [6, 6.07) is 0.872. The monoisotopic (exact) mass is 210 g/mol. The molecule has 88 valence electrons. The van der Waals surface area contributed by atoms with Gasteiger partial charge in [0.25, 0.3) is 0 Å². The van der Waals surface area contributed by atoms with Crippen LogP contribution in [-0.4, -0.2) is 48.6 Å². The third-order valence-electron chi connectivity index (χ3n) is 4.12. The normalized spacial score (nSPS) is 31.4. The summed E-state index contributed by atoms with van der Waals surface area (Å²) in [5.41, 5.74) is 0. The number of hydrogen-bond acceptors (Lipinski definition) is 2. The van der Waals surface area contributed by atoms with E-state index in [-0.39, 0.29) is 0 Å². The Hall–Kier alpha value is -0.0800. The molecule has 2 fully saturated rings. The molecule has 2 rings (SSSR count). The number of piperazine rings is 1. The van der Waals surface area contributed by atoms with E-state index in [1.807, 2.05) is 0 Å². The lowest BCUT2D eigenvalue weighted by molar-refractivity contribution is 0.0724. The van der Waals surface area contributed by atoms with Crippen molar-refractivity contribution < 1.29 is 0 Å². The van der Waals surface area contributed by atoms with E-state index in [4.69, 9.17) is 0 Å². The van der Waals surface area contributed by atoms with Gasteiger partial charge < -0.3 is 4.90 Å². The van der Waals surface area contributed by atoms with E-state index in [2.05, 4.69) is 16.7 Å². The quantitative estimate of drug-likeness (QED) is 0.655. The average molecular weight is 210 g/mol. The van der Waals surface area contributed by atoms with E-state index < -0.39 is 0 Å². The van der Waals surface area contributed by atoms with Crippen LogP contribution < -0.4 is 0 Å². The van der Waals surface area contributed by atoms with Crippen molar-refractivity contribution in [1.29, 1.82) is 0 Å². The van der Waals surface area contributed by atoms with Crippen molar-refractivity contribution in [3.8, 4) is 0 Å². The Balaban J connectivity index is 1.89. The molecule has 2 saturated heterocycles. The van der Waals surface area contributed by atoms with Crippen LogP contribution >= 0.6 is 0 Å². The Morgan fingerprint density at radius 2 is 1.73 bits per heavy atom. The zero-order valence-corrected chi connectivity index (χ0v) is 10.2. The summed E-state index contributed by atoms with van der Waals surface area (Å²) in [6.07, 6.45) is 8.73. The molecule has 0 aromatic heterocycles. The molecule has 0 aromatic rings. The highest BCUT2D eigenvalue weighted by molar-refractivity contribution is 4.82. The molecule has 1 unspecified atom stereocenters. The Morgan fingerprint density at radius 1 is 0.933 bits per heavy atom. The summed E-state index contributed by atoms with van der Waals surface area (Å²) in [6.45, 7) is 8.85. The van der Waals surface area contributed by atoms with Crippen LogP contribution in [0.4, 0.5) is 0 Å². The van der Waals surface area contributed by atoms with Gasteiger partial charge in [-0.3, -0.25) is 4.90 Å². The molecule has 2 nitrogen and oxygen atoms in total. The molecular formula is C13H26N2. The molecule has 2 heteroatoms. The third kappa shape index (κ3) is 3.18. The summed E-state index contributed by atoms with van der Waals surface area (Å²) in [7, 11) is 0. The predicted molar refractivity (Wildman–Crippen MR) is 65.2 cm³/mol. The highest BCUT2D eigenvalue weighted by atomic mass is 15.3. The van der Waals surface area contributed by atoms with E-state index in [1.165, 1.54) is 71.2 Å². The lowest BCUT2D eigenvalue weighted by Gasteiger charge is -2.41. The Labute approximate surface area is 94.6 Å². The van der Waals surface area contributed by atoms with Gasteiger partial charge in [-0.15, -0.1) is 0 Å². The second kappa shape index (κ2) is 5.86. The summed E-state index contributed by atoms with van der Waals surface area (Å²) < 4.78 is 0. The third-order valence-corrected chi connectivity index (χ3v) is 4.12. The minimum absolute atomic E-state index is 0.872. The van der Waals surface area contributed by atoms with Crippen molar-refractivity contribution in [3.63, 3.8) is 0 Å². The molecule has 2 aliphatic heterocycles. The SMILES string of the molecule is CCN1CCN2CCCCCCCC2C1. The number of nitrogens with zero attached hydrogens (tertiary/aromatic N) is 2. The van der Waals surface area contributed by atoms with Crippen LogP contribution in [0.3, 0.4) is 0 Å². The molecule has 0 aromatic carbocycles. The Morgan fingerprint density at radius 3 is 2.60 bits per heavy atom. The van der Waals surface area contributed by atoms with E-state index >= 15 is 0 Å². The molecule has 0 spiro atoms. The summed E-state index contributed by atoms with van der Waals surface area (Å²) in [5.74, 6) is 0.